The molecule has 7 heteroatoms. The molecule has 0 saturated carbocycles. The topological polar surface area (TPSA) is 82.7 Å². The van der Waals surface area contributed by atoms with E-state index in [-0.39, 0.29) is 11.9 Å². The molecule has 0 aliphatic carbocycles. The van der Waals surface area contributed by atoms with E-state index < -0.39 is 0 Å². The molecule has 1 heterocycles. The van der Waals surface area contributed by atoms with Crippen molar-refractivity contribution >= 4 is 23.3 Å². The summed E-state index contributed by atoms with van der Waals surface area (Å²) < 4.78 is 5.04. The molecule has 3 amide bonds. The first-order valence-electron chi connectivity index (χ1n) is 10.8. The highest BCUT2D eigenvalue weighted by molar-refractivity contribution is 6.02. The second-order valence-corrected chi connectivity index (χ2v) is 7.94. The van der Waals surface area contributed by atoms with Crippen LogP contribution < -0.4 is 20.9 Å². The van der Waals surface area contributed by atoms with E-state index in [2.05, 4.69) is 27.8 Å². The Hall–Kier alpha value is -3.06. The third-order valence-electron chi connectivity index (χ3n) is 5.51. The minimum Gasteiger partial charge on any atom is -0.383 e. The van der Waals surface area contributed by atoms with Gasteiger partial charge in [-0.25, -0.2) is 4.79 Å². The lowest BCUT2D eigenvalue weighted by atomic mass is 9.98. The van der Waals surface area contributed by atoms with Crippen LogP contribution in [0.3, 0.4) is 0 Å². The van der Waals surface area contributed by atoms with Crippen molar-refractivity contribution in [3.63, 3.8) is 0 Å². The van der Waals surface area contributed by atoms with E-state index in [1.54, 1.807) is 13.2 Å². The van der Waals surface area contributed by atoms with Gasteiger partial charge in [-0.2, -0.15) is 0 Å². The maximum absolute atomic E-state index is 12.9. The van der Waals surface area contributed by atoms with Crippen molar-refractivity contribution in [2.45, 2.75) is 26.3 Å². The van der Waals surface area contributed by atoms with E-state index in [1.807, 2.05) is 42.5 Å². The first-order chi connectivity index (χ1) is 15.1. The average molecular weight is 425 g/mol. The van der Waals surface area contributed by atoms with E-state index in [0.717, 1.165) is 37.2 Å². The molecular weight excluding hydrogens is 392 g/mol. The number of ether oxygens (including phenoxy) is 1. The van der Waals surface area contributed by atoms with Gasteiger partial charge >= 0.3 is 6.03 Å². The lowest BCUT2D eigenvalue weighted by molar-refractivity contribution is 0.0937. The van der Waals surface area contributed by atoms with Crippen molar-refractivity contribution < 1.29 is 14.3 Å². The van der Waals surface area contributed by atoms with Crippen molar-refractivity contribution in [1.82, 2.24) is 10.6 Å². The van der Waals surface area contributed by atoms with Gasteiger partial charge in [0.2, 0.25) is 0 Å². The van der Waals surface area contributed by atoms with Crippen LogP contribution in [0, 0.1) is 5.92 Å². The SMILES string of the molecule is COCCNC(=O)c1cc(NC(=O)NCc2ccccc2)ccc1N1CCC(C)CC1. The largest absolute Gasteiger partial charge is 0.383 e. The Morgan fingerprint density at radius 2 is 1.81 bits per heavy atom. The Balaban J connectivity index is 1.71. The molecule has 1 aliphatic rings. The molecule has 1 aliphatic heterocycles. The predicted molar refractivity (Wildman–Crippen MR) is 124 cm³/mol. The zero-order valence-corrected chi connectivity index (χ0v) is 18.3. The molecule has 0 aromatic heterocycles. The molecule has 0 bridgehead atoms. The first-order valence-corrected chi connectivity index (χ1v) is 10.8. The normalized spacial score (nSPS) is 14.2. The van der Waals surface area contributed by atoms with Crippen LogP contribution in [0.4, 0.5) is 16.2 Å². The monoisotopic (exact) mass is 424 g/mol. The number of anilines is 2. The summed E-state index contributed by atoms with van der Waals surface area (Å²) in [5.74, 6) is 0.531. The molecule has 31 heavy (non-hydrogen) atoms. The molecule has 0 radical (unpaired) electrons. The molecule has 2 aromatic carbocycles. The minimum atomic E-state index is -0.311. The number of methoxy groups -OCH3 is 1. The van der Waals surface area contributed by atoms with E-state index >= 15 is 0 Å². The number of urea groups is 1. The van der Waals surface area contributed by atoms with Gasteiger partial charge in [0, 0.05) is 44.7 Å². The molecule has 3 N–H and O–H groups in total. The van der Waals surface area contributed by atoms with Crippen molar-refractivity contribution in [2.75, 3.05) is 43.6 Å². The quantitative estimate of drug-likeness (QED) is 0.565. The highest BCUT2D eigenvalue weighted by Crippen LogP contribution is 2.28. The fourth-order valence-corrected chi connectivity index (χ4v) is 3.64. The van der Waals surface area contributed by atoms with Gasteiger partial charge in [0.1, 0.15) is 0 Å². The number of piperidine rings is 1. The maximum atomic E-state index is 12.9. The smallest absolute Gasteiger partial charge is 0.319 e. The highest BCUT2D eigenvalue weighted by atomic mass is 16.5. The minimum absolute atomic E-state index is 0.168. The Morgan fingerprint density at radius 3 is 2.52 bits per heavy atom. The molecule has 0 unspecified atom stereocenters. The fourth-order valence-electron chi connectivity index (χ4n) is 3.64. The lowest BCUT2D eigenvalue weighted by Crippen LogP contribution is -2.35. The summed E-state index contributed by atoms with van der Waals surface area (Å²) in [6.07, 6.45) is 2.21. The Kier molecular flexibility index (Phi) is 8.29. The molecule has 1 fully saturated rings. The van der Waals surface area contributed by atoms with E-state index in [9.17, 15) is 9.59 Å². The molecule has 1 saturated heterocycles. The summed E-state index contributed by atoms with van der Waals surface area (Å²) in [6, 6.07) is 14.9. The third-order valence-corrected chi connectivity index (χ3v) is 5.51. The number of carbonyl (C=O) groups is 2. The molecule has 7 nitrogen and oxygen atoms in total. The van der Waals surface area contributed by atoms with Gasteiger partial charge in [0.05, 0.1) is 12.2 Å². The number of benzene rings is 2. The van der Waals surface area contributed by atoms with Crippen LogP contribution in [0.25, 0.3) is 0 Å². The number of hydrogen-bond acceptors (Lipinski definition) is 4. The Morgan fingerprint density at radius 1 is 1.06 bits per heavy atom. The summed E-state index contributed by atoms with van der Waals surface area (Å²) in [6.45, 7) is 5.41. The fraction of sp³-hybridized carbons (Fsp3) is 0.417. The number of hydrogen-bond donors (Lipinski definition) is 3. The molecule has 0 atom stereocenters. The Labute approximate surface area is 184 Å². The van der Waals surface area contributed by atoms with Crippen LogP contribution in [-0.2, 0) is 11.3 Å². The van der Waals surface area contributed by atoms with Gasteiger partial charge in [-0.3, -0.25) is 4.79 Å². The van der Waals surface area contributed by atoms with Crippen LogP contribution in [0.15, 0.2) is 48.5 Å². The van der Waals surface area contributed by atoms with Gasteiger partial charge in [0.15, 0.2) is 0 Å². The van der Waals surface area contributed by atoms with Gasteiger partial charge < -0.3 is 25.6 Å². The van der Waals surface area contributed by atoms with Gasteiger partial charge in [0.25, 0.3) is 5.91 Å². The van der Waals surface area contributed by atoms with Gasteiger partial charge in [-0.05, 0) is 42.5 Å². The number of nitrogens with zero attached hydrogens (tertiary/aromatic N) is 1. The molecule has 2 aromatic rings. The van der Waals surface area contributed by atoms with Crippen LogP contribution >= 0.6 is 0 Å². The maximum Gasteiger partial charge on any atom is 0.319 e. The van der Waals surface area contributed by atoms with Crippen LogP contribution in [-0.4, -0.2) is 45.3 Å². The van der Waals surface area contributed by atoms with E-state index in [4.69, 9.17) is 4.74 Å². The Bertz CT molecular complexity index is 864. The third kappa shape index (κ3) is 6.72. The van der Waals surface area contributed by atoms with E-state index in [1.165, 1.54) is 0 Å². The molecule has 3 rings (SSSR count). The first kappa shape index (κ1) is 22.6. The van der Waals surface area contributed by atoms with Gasteiger partial charge in [-0.1, -0.05) is 37.3 Å². The second kappa shape index (κ2) is 11.4. The summed E-state index contributed by atoms with van der Waals surface area (Å²) in [4.78, 5) is 27.5. The second-order valence-electron chi connectivity index (χ2n) is 7.94. The lowest BCUT2D eigenvalue weighted by Gasteiger charge is -2.33. The molecular formula is C24H32N4O3. The standard InChI is InChI=1S/C24H32N4O3/c1-18-10-13-28(14-11-18)22-9-8-20(16-21(22)23(29)25-12-15-31-2)27-24(30)26-17-19-6-4-3-5-7-19/h3-9,16,18H,10-15,17H2,1-2H3,(H,25,29)(H2,26,27,30). The highest BCUT2D eigenvalue weighted by Gasteiger charge is 2.21. The number of amides is 3. The van der Waals surface area contributed by atoms with Crippen molar-refractivity contribution in [3.05, 3.63) is 59.7 Å². The van der Waals surface area contributed by atoms with Gasteiger partial charge in [-0.15, -0.1) is 0 Å². The summed E-state index contributed by atoms with van der Waals surface area (Å²) >= 11 is 0. The number of carbonyl (C=O) groups excluding carboxylic acids is 2. The summed E-state index contributed by atoms with van der Waals surface area (Å²) in [5, 5.41) is 8.58. The van der Waals surface area contributed by atoms with Crippen molar-refractivity contribution in [2.24, 2.45) is 5.92 Å². The average Bonchev–Trinajstić information content (AvgIpc) is 2.79. The van der Waals surface area contributed by atoms with Crippen LogP contribution in [0.1, 0.15) is 35.7 Å². The summed E-state index contributed by atoms with van der Waals surface area (Å²) in [7, 11) is 1.60. The van der Waals surface area contributed by atoms with Crippen LogP contribution in [0.5, 0.6) is 0 Å². The zero-order valence-electron chi connectivity index (χ0n) is 18.3. The van der Waals surface area contributed by atoms with E-state index in [0.29, 0.717) is 36.9 Å². The van der Waals surface area contributed by atoms with Crippen molar-refractivity contribution in [3.8, 4) is 0 Å². The van der Waals surface area contributed by atoms with Crippen LogP contribution in [0.2, 0.25) is 0 Å². The van der Waals surface area contributed by atoms with Crippen molar-refractivity contribution in [1.29, 1.82) is 0 Å². The predicted octanol–water partition coefficient (Wildman–Crippen LogP) is 3.62. The number of nitrogens with one attached hydrogen (secondary N) is 3. The summed E-state index contributed by atoms with van der Waals surface area (Å²) in [5.41, 5.74) is 3.06. The zero-order chi connectivity index (χ0) is 22.1. The molecule has 166 valence electrons. The number of rotatable bonds is 8. The molecule has 0 spiro atoms.